The second-order valence-electron chi connectivity index (χ2n) is 7.93. The maximum atomic E-state index is 13.3. The minimum Gasteiger partial charge on any atom is -0.497 e. The molecule has 0 bridgehead atoms. The number of carbonyl (C=O) groups excluding carboxylic acids is 2. The fourth-order valence-electron chi connectivity index (χ4n) is 3.61. The normalized spacial score (nSPS) is 12.9. The molecule has 1 atom stereocenters. The number of hydrogen-bond acceptors (Lipinski definition) is 5. The van der Waals surface area contributed by atoms with Crippen molar-refractivity contribution in [2.24, 2.45) is 0 Å². The molecule has 7 nitrogen and oxygen atoms in total. The Kier molecular flexibility index (Phi) is 6.82. The van der Waals surface area contributed by atoms with Crippen LogP contribution in [0, 0.1) is 6.92 Å². The number of hydrogen-bond donors (Lipinski definition) is 1. The van der Waals surface area contributed by atoms with Crippen LogP contribution in [0.2, 0.25) is 0 Å². The number of methoxy groups -OCH3 is 1. The summed E-state index contributed by atoms with van der Waals surface area (Å²) in [5, 5.41) is 2.90. The Morgan fingerprint density at radius 1 is 1.00 bits per heavy atom. The fraction of sp³-hybridized carbons (Fsp3) is 0.185. The first-order chi connectivity index (χ1) is 16.4. The van der Waals surface area contributed by atoms with Gasteiger partial charge in [0.2, 0.25) is 12.7 Å². The molecule has 3 aromatic rings. The number of anilines is 1. The largest absolute Gasteiger partial charge is 0.497 e. The summed E-state index contributed by atoms with van der Waals surface area (Å²) in [6.45, 7) is 2.16. The molecule has 34 heavy (non-hydrogen) atoms. The lowest BCUT2D eigenvalue weighted by Crippen LogP contribution is -2.37. The second-order valence-corrected chi connectivity index (χ2v) is 7.93. The van der Waals surface area contributed by atoms with Gasteiger partial charge < -0.3 is 24.4 Å². The van der Waals surface area contributed by atoms with E-state index in [-0.39, 0.29) is 18.6 Å². The SMILES string of the molecule is COc1ccc(NC(=O)[C@H](c2ccc(C)cc2)N(C)C(=O)/C=C/c2ccc3c(c2)OCO3)cc1. The first kappa shape index (κ1) is 22.9. The van der Waals surface area contributed by atoms with Crippen molar-refractivity contribution in [2.45, 2.75) is 13.0 Å². The topological polar surface area (TPSA) is 77.1 Å². The molecule has 3 aromatic carbocycles. The Labute approximate surface area is 198 Å². The summed E-state index contributed by atoms with van der Waals surface area (Å²) in [4.78, 5) is 27.8. The van der Waals surface area contributed by atoms with Crippen LogP contribution in [0.4, 0.5) is 5.69 Å². The van der Waals surface area contributed by atoms with E-state index in [9.17, 15) is 9.59 Å². The number of rotatable bonds is 7. The number of nitrogens with zero attached hydrogens (tertiary/aromatic N) is 1. The van der Waals surface area contributed by atoms with E-state index in [1.165, 1.54) is 11.0 Å². The van der Waals surface area contributed by atoms with Gasteiger partial charge in [-0.2, -0.15) is 0 Å². The van der Waals surface area contributed by atoms with E-state index < -0.39 is 6.04 Å². The lowest BCUT2D eigenvalue weighted by molar-refractivity contribution is -0.133. The number of amides is 2. The lowest BCUT2D eigenvalue weighted by Gasteiger charge is -2.27. The van der Waals surface area contributed by atoms with Crippen molar-refractivity contribution in [3.63, 3.8) is 0 Å². The minimum absolute atomic E-state index is 0.186. The molecule has 0 saturated heterocycles. The van der Waals surface area contributed by atoms with E-state index in [4.69, 9.17) is 14.2 Å². The molecule has 0 aromatic heterocycles. The van der Waals surface area contributed by atoms with Gasteiger partial charge in [-0.1, -0.05) is 35.9 Å². The van der Waals surface area contributed by atoms with Crippen molar-refractivity contribution in [1.82, 2.24) is 4.90 Å². The lowest BCUT2D eigenvalue weighted by atomic mass is 10.0. The van der Waals surface area contributed by atoms with E-state index in [0.29, 0.717) is 28.5 Å². The molecule has 0 spiro atoms. The number of fused-ring (bicyclic) bond motifs is 1. The Bertz CT molecular complexity index is 1200. The van der Waals surface area contributed by atoms with Crippen LogP contribution >= 0.6 is 0 Å². The van der Waals surface area contributed by atoms with Gasteiger partial charge >= 0.3 is 0 Å². The van der Waals surface area contributed by atoms with Crippen molar-refractivity contribution >= 4 is 23.6 Å². The first-order valence-electron chi connectivity index (χ1n) is 10.8. The van der Waals surface area contributed by atoms with Gasteiger partial charge in [0.1, 0.15) is 11.8 Å². The number of aryl methyl sites for hydroxylation is 1. The van der Waals surface area contributed by atoms with Crippen LogP contribution < -0.4 is 19.5 Å². The van der Waals surface area contributed by atoms with Crippen molar-refractivity contribution in [1.29, 1.82) is 0 Å². The first-order valence-corrected chi connectivity index (χ1v) is 10.8. The third-order valence-corrected chi connectivity index (χ3v) is 5.55. The summed E-state index contributed by atoms with van der Waals surface area (Å²) in [7, 11) is 3.20. The Balaban J connectivity index is 1.55. The summed E-state index contributed by atoms with van der Waals surface area (Å²) < 4.78 is 15.9. The highest BCUT2D eigenvalue weighted by Gasteiger charge is 2.28. The van der Waals surface area contributed by atoms with E-state index in [2.05, 4.69) is 5.32 Å². The summed E-state index contributed by atoms with van der Waals surface area (Å²) in [6.07, 6.45) is 3.13. The Hall–Kier alpha value is -4.26. The Morgan fingerprint density at radius 2 is 1.71 bits per heavy atom. The van der Waals surface area contributed by atoms with Crippen LogP contribution in [0.3, 0.4) is 0 Å². The van der Waals surface area contributed by atoms with Crippen molar-refractivity contribution in [2.75, 3.05) is 26.3 Å². The van der Waals surface area contributed by atoms with Crippen molar-refractivity contribution in [3.8, 4) is 17.2 Å². The molecule has 1 N–H and O–H groups in total. The maximum absolute atomic E-state index is 13.3. The summed E-state index contributed by atoms with van der Waals surface area (Å²) in [6, 6.07) is 19.2. The molecule has 4 rings (SSSR count). The van der Waals surface area contributed by atoms with Gasteiger partial charge in [-0.25, -0.2) is 0 Å². The van der Waals surface area contributed by atoms with E-state index in [0.717, 1.165) is 11.1 Å². The molecular weight excluding hydrogens is 432 g/mol. The second kappa shape index (κ2) is 10.1. The Morgan fingerprint density at radius 3 is 2.41 bits per heavy atom. The highest BCUT2D eigenvalue weighted by Crippen LogP contribution is 2.33. The quantitative estimate of drug-likeness (QED) is 0.525. The highest BCUT2D eigenvalue weighted by molar-refractivity contribution is 6.00. The predicted molar refractivity (Wildman–Crippen MR) is 130 cm³/mol. The van der Waals surface area contributed by atoms with Crippen LogP contribution in [0.25, 0.3) is 6.08 Å². The van der Waals surface area contributed by atoms with Crippen LogP contribution in [0.5, 0.6) is 17.2 Å². The summed E-state index contributed by atoms with van der Waals surface area (Å²) >= 11 is 0. The summed E-state index contributed by atoms with van der Waals surface area (Å²) in [5.74, 6) is 1.37. The molecule has 0 unspecified atom stereocenters. The summed E-state index contributed by atoms with van der Waals surface area (Å²) in [5.41, 5.74) is 3.18. The van der Waals surface area contributed by atoms with E-state index >= 15 is 0 Å². The van der Waals surface area contributed by atoms with Crippen LogP contribution in [-0.2, 0) is 9.59 Å². The monoisotopic (exact) mass is 458 g/mol. The molecule has 1 aliphatic heterocycles. The van der Waals surface area contributed by atoms with Crippen LogP contribution in [-0.4, -0.2) is 37.7 Å². The van der Waals surface area contributed by atoms with Gasteiger partial charge in [0.05, 0.1) is 7.11 Å². The molecule has 0 radical (unpaired) electrons. The van der Waals surface area contributed by atoms with Crippen LogP contribution in [0.1, 0.15) is 22.7 Å². The predicted octanol–water partition coefficient (Wildman–Crippen LogP) is 4.58. The van der Waals surface area contributed by atoms with E-state index in [1.807, 2.05) is 37.3 Å². The fourth-order valence-corrected chi connectivity index (χ4v) is 3.61. The number of likely N-dealkylation sites (N-methyl/N-ethyl adjacent to an activating group) is 1. The van der Waals surface area contributed by atoms with Gasteiger partial charge in [-0.15, -0.1) is 0 Å². The van der Waals surface area contributed by atoms with Crippen molar-refractivity contribution < 1.29 is 23.8 Å². The maximum Gasteiger partial charge on any atom is 0.251 e. The zero-order valence-corrected chi connectivity index (χ0v) is 19.3. The standard InChI is InChI=1S/C27H26N2O5/c1-18-4-8-20(9-5-18)26(27(31)28-21-10-12-22(32-3)13-11-21)29(2)25(30)15-7-19-6-14-23-24(16-19)34-17-33-23/h4-16,26H,17H2,1-3H3,(H,28,31)/b15-7+/t26-/m0/s1. The van der Waals surface area contributed by atoms with E-state index in [1.54, 1.807) is 56.6 Å². The molecule has 1 heterocycles. The average molecular weight is 459 g/mol. The van der Waals surface area contributed by atoms with Gasteiger partial charge in [-0.05, 0) is 60.5 Å². The zero-order valence-electron chi connectivity index (χ0n) is 19.3. The molecule has 2 amide bonds. The molecule has 0 fully saturated rings. The number of benzene rings is 3. The average Bonchev–Trinajstić information content (AvgIpc) is 3.32. The third-order valence-electron chi connectivity index (χ3n) is 5.55. The number of ether oxygens (including phenoxy) is 3. The van der Waals surface area contributed by atoms with Gasteiger partial charge in [-0.3, -0.25) is 9.59 Å². The van der Waals surface area contributed by atoms with Gasteiger partial charge in [0, 0.05) is 18.8 Å². The minimum atomic E-state index is -0.823. The smallest absolute Gasteiger partial charge is 0.251 e. The molecule has 0 aliphatic carbocycles. The third kappa shape index (κ3) is 5.20. The van der Waals surface area contributed by atoms with Crippen LogP contribution in [0.15, 0.2) is 72.8 Å². The van der Waals surface area contributed by atoms with Crippen molar-refractivity contribution in [3.05, 3.63) is 89.5 Å². The molecule has 1 aliphatic rings. The number of carbonyl (C=O) groups is 2. The molecular formula is C27H26N2O5. The highest BCUT2D eigenvalue weighted by atomic mass is 16.7. The molecule has 7 heteroatoms. The molecule has 174 valence electrons. The van der Waals surface area contributed by atoms with Gasteiger partial charge in [0.25, 0.3) is 5.91 Å². The zero-order chi connectivity index (χ0) is 24.1. The molecule has 0 saturated carbocycles. The van der Waals surface area contributed by atoms with Gasteiger partial charge in [0.15, 0.2) is 11.5 Å². The number of nitrogens with one attached hydrogen (secondary N) is 1.